The summed E-state index contributed by atoms with van der Waals surface area (Å²) in [5.41, 5.74) is 1.92. The van der Waals surface area contributed by atoms with Gasteiger partial charge in [0, 0.05) is 32.0 Å². The van der Waals surface area contributed by atoms with E-state index in [2.05, 4.69) is 0 Å². The number of hydrogen-bond donors (Lipinski definition) is 0. The van der Waals surface area contributed by atoms with Crippen LogP contribution in [0.3, 0.4) is 0 Å². The highest BCUT2D eigenvalue weighted by atomic mass is 32.2. The molecule has 0 N–H and O–H groups in total. The Bertz CT molecular complexity index is 1080. The van der Waals surface area contributed by atoms with Crippen molar-refractivity contribution in [3.63, 3.8) is 0 Å². The third kappa shape index (κ3) is 4.52. The molecule has 168 valence electrons. The lowest BCUT2D eigenvalue weighted by Gasteiger charge is -2.29. The Morgan fingerprint density at radius 1 is 1.23 bits per heavy atom. The number of ether oxygens (including phenoxy) is 1. The molecule has 2 heterocycles. The van der Waals surface area contributed by atoms with Gasteiger partial charge in [-0.2, -0.15) is 4.31 Å². The maximum Gasteiger partial charge on any atom is 0.354 e. The maximum absolute atomic E-state index is 13.4. The van der Waals surface area contributed by atoms with Crippen LogP contribution in [0.15, 0.2) is 41.4 Å². The molecule has 9 heteroatoms. The van der Waals surface area contributed by atoms with E-state index < -0.39 is 22.0 Å². The fourth-order valence-corrected chi connectivity index (χ4v) is 5.66. The van der Waals surface area contributed by atoms with Crippen molar-refractivity contribution in [3.8, 4) is 0 Å². The van der Waals surface area contributed by atoms with Gasteiger partial charge in [-0.3, -0.25) is 4.79 Å². The summed E-state index contributed by atoms with van der Waals surface area (Å²) in [5, 5.41) is 0. The van der Waals surface area contributed by atoms with E-state index in [1.165, 1.54) is 21.1 Å². The van der Waals surface area contributed by atoms with Crippen molar-refractivity contribution in [3.05, 3.63) is 47.8 Å². The SMILES string of the molecule is CCOC(=O)c1cc(S(=O)(=O)N2CCC[C@@H]2C(=O)N(CC)c2cccc(C)c2)cn1C. The molecule has 1 atom stereocenters. The topological polar surface area (TPSA) is 88.9 Å². The number of sulfonamides is 1. The molecule has 1 saturated heterocycles. The van der Waals surface area contributed by atoms with Gasteiger partial charge in [0.05, 0.1) is 6.61 Å². The first-order valence-electron chi connectivity index (χ1n) is 10.4. The van der Waals surface area contributed by atoms with Gasteiger partial charge < -0.3 is 14.2 Å². The molecule has 0 aliphatic carbocycles. The van der Waals surface area contributed by atoms with Crippen molar-refractivity contribution in [2.75, 3.05) is 24.6 Å². The Kier molecular flexibility index (Phi) is 6.86. The van der Waals surface area contributed by atoms with Crippen LogP contribution in [0.1, 0.15) is 42.7 Å². The summed E-state index contributed by atoms with van der Waals surface area (Å²) in [5.74, 6) is -0.826. The quantitative estimate of drug-likeness (QED) is 0.609. The summed E-state index contributed by atoms with van der Waals surface area (Å²) in [6, 6.07) is 8.13. The first-order valence-corrected chi connectivity index (χ1v) is 11.9. The normalized spacial score (nSPS) is 17.0. The number of aryl methyl sites for hydroxylation is 2. The summed E-state index contributed by atoms with van der Waals surface area (Å²) >= 11 is 0. The molecule has 0 spiro atoms. The fourth-order valence-electron chi connectivity index (χ4n) is 3.93. The molecule has 0 radical (unpaired) electrons. The molecule has 1 aliphatic heterocycles. The fraction of sp³-hybridized carbons (Fsp3) is 0.455. The van der Waals surface area contributed by atoms with Gasteiger partial charge in [0.2, 0.25) is 15.9 Å². The van der Waals surface area contributed by atoms with Gasteiger partial charge in [-0.1, -0.05) is 12.1 Å². The van der Waals surface area contributed by atoms with Crippen LogP contribution in [-0.4, -0.2) is 54.9 Å². The standard InChI is InChI=1S/C22H29N3O5S/c1-5-24(17-10-7-9-16(3)13-17)21(26)19-11-8-12-25(19)31(28,29)18-14-20(23(4)15-18)22(27)30-6-2/h7,9-10,13-15,19H,5-6,8,11-12H2,1-4H3/t19-/m1/s1. The van der Waals surface area contributed by atoms with Crippen molar-refractivity contribution in [2.45, 2.75) is 44.6 Å². The highest BCUT2D eigenvalue weighted by molar-refractivity contribution is 7.89. The predicted molar refractivity (Wildman–Crippen MR) is 117 cm³/mol. The zero-order chi connectivity index (χ0) is 22.8. The first kappa shape index (κ1) is 23.0. The van der Waals surface area contributed by atoms with Crippen LogP contribution in [0.5, 0.6) is 0 Å². The zero-order valence-electron chi connectivity index (χ0n) is 18.4. The number of anilines is 1. The monoisotopic (exact) mass is 447 g/mol. The largest absolute Gasteiger partial charge is 0.461 e. The third-order valence-corrected chi connectivity index (χ3v) is 7.33. The molecule has 1 amide bonds. The molecule has 2 aromatic rings. The van der Waals surface area contributed by atoms with E-state index in [-0.39, 0.29) is 29.6 Å². The Hall–Kier alpha value is -2.65. The molecule has 0 bridgehead atoms. The van der Waals surface area contributed by atoms with E-state index in [0.717, 1.165) is 11.3 Å². The average Bonchev–Trinajstić information content (AvgIpc) is 3.36. The number of hydrogen-bond acceptors (Lipinski definition) is 5. The molecule has 1 aromatic carbocycles. The molecule has 31 heavy (non-hydrogen) atoms. The lowest BCUT2D eigenvalue weighted by Crippen LogP contribution is -2.47. The molecule has 1 fully saturated rings. The smallest absolute Gasteiger partial charge is 0.354 e. The summed E-state index contributed by atoms with van der Waals surface area (Å²) in [4.78, 5) is 27.1. The summed E-state index contributed by atoms with van der Waals surface area (Å²) < 4.78 is 34.5. The van der Waals surface area contributed by atoms with E-state index in [1.54, 1.807) is 18.9 Å². The number of aromatic nitrogens is 1. The second kappa shape index (κ2) is 9.23. The van der Waals surface area contributed by atoms with Crippen molar-refractivity contribution < 1.29 is 22.7 Å². The minimum Gasteiger partial charge on any atom is -0.461 e. The van der Waals surface area contributed by atoms with E-state index in [1.807, 2.05) is 38.1 Å². The number of likely N-dealkylation sites (N-methyl/N-ethyl adjacent to an activating group) is 1. The van der Waals surface area contributed by atoms with Gasteiger partial charge in [-0.25, -0.2) is 13.2 Å². The highest BCUT2D eigenvalue weighted by Crippen LogP contribution is 2.30. The van der Waals surface area contributed by atoms with Gasteiger partial charge in [0.25, 0.3) is 0 Å². The van der Waals surface area contributed by atoms with Gasteiger partial charge in [-0.05, 0) is 57.4 Å². The third-order valence-electron chi connectivity index (χ3n) is 5.46. The predicted octanol–water partition coefficient (Wildman–Crippen LogP) is 2.72. The molecule has 8 nitrogen and oxygen atoms in total. The Morgan fingerprint density at radius 2 is 1.97 bits per heavy atom. The first-order chi connectivity index (χ1) is 14.7. The van der Waals surface area contributed by atoms with Crippen LogP contribution in [0.2, 0.25) is 0 Å². The second-order valence-electron chi connectivity index (χ2n) is 7.59. The lowest BCUT2D eigenvalue weighted by molar-refractivity contribution is -0.121. The molecule has 1 aromatic heterocycles. The number of nitrogens with zero attached hydrogens (tertiary/aromatic N) is 3. The second-order valence-corrected chi connectivity index (χ2v) is 9.48. The maximum atomic E-state index is 13.4. The van der Waals surface area contributed by atoms with Crippen molar-refractivity contribution in [2.24, 2.45) is 7.05 Å². The van der Waals surface area contributed by atoms with Crippen LogP contribution in [0.25, 0.3) is 0 Å². The van der Waals surface area contributed by atoms with E-state index in [0.29, 0.717) is 19.4 Å². The number of carbonyl (C=O) groups excluding carboxylic acids is 2. The van der Waals surface area contributed by atoms with Crippen molar-refractivity contribution in [1.29, 1.82) is 0 Å². The number of esters is 1. The average molecular weight is 448 g/mol. The molecule has 1 aliphatic rings. The number of benzene rings is 1. The van der Waals surface area contributed by atoms with Crippen LogP contribution in [-0.2, 0) is 26.6 Å². The minimum atomic E-state index is -3.96. The zero-order valence-corrected chi connectivity index (χ0v) is 19.2. The van der Waals surface area contributed by atoms with Crippen molar-refractivity contribution in [1.82, 2.24) is 8.87 Å². The van der Waals surface area contributed by atoms with Gasteiger partial charge in [-0.15, -0.1) is 0 Å². The van der Waals surface area contributed by atoms with Crippen LogP contribution >= 0.6 is 0 Å². The van der Waals surface area contributed by atoms with Gasteiger partial charge in [0.1, 0.15) is 16.6 Å². The number of carbonyl (C=O) groups is 2. The Balaban J connectivity index is 1.90. The van der Waals surface area contributed by atoms with E-state index >= 15 is 0 Å². The number of amides is 1. The molecular formula is C22H29N3O5S. The van der Waals surface area contributed by atoms with E-state index in [4.69, 9.17) is 4.74 Å². The lowest BCUT2D eigenvalue weighted by atomic mass is 10.1. The van der Waals surface area contributed by atoms with Crippen LogP contribution in [0.4, 0.5) is 5.69 Å². The summed E-state index contributed by atoms with van der Waals surface area (Å²) in [6.07, 6.45) is 2.44. The summed E-state index contributed by atoms with van der Waals surface area (Å²) in [7, 11) is -2.37. The van der Waals surface area contributed by atoms with Crippen LogP contribution < -0.4 is 4.90 Å². The molecule has 0 saturated carbocycles. The Labute approximate surface area is 183 Å². The Morgan fingerprint density at radius 3 is 2.61 bits per heavy atom. The van der Waals surface area contributed by atoms with Crippen LogP contribution in [0, 0.1) is 6.92 Å². The number of rotatable bonds is 7. The summed E-state index contributed by atoms with van der Waals surface area (Å²) in [6.45, 7) is 6.40. The molecule has 0 unspecified atom stereocenters. The van der Waals surface area contributed by atoms with Crippen molar-refractivity contribution >= 4 is 27.6 Å². The molecule has 3 rings (SSSR count). The molecular weight excluding hydrogens is 418 g/mol. The minimum absolute atomic E-state index is 0.0173. The highest BCUT2D eigenvalue weighted by Gasteiger charge is 2.42. The van der Waals surface area contributed by atoms with Gasteiger partial charge in [0.15, 0.2) is 0 Å². The van der Waals surface area contributed by atoms with E-state index in [9.17, 15) is 18.0 Å². The van der Waals surface area contributed by atoms with Gasteiger partial charge >= 0.3 is 5.97 Å².